The van der Waals surface area contributed by atoms with E-state index < -0.39 is 12.6 Å². The topological polar surface area (TPSA) is 58.9 Å². The molecule has 0 saturated heterocycles. The fraction of sp³-hybridized carbons (Fsp3) is 1.00. The van der Waals surface area contributed by atoms with Crippen LogP contribution in [0.3, 0.4) is 0 Å². The van der Waals surface area contributed by atoms with Crippen molar-refractivity contribution in [1.82, 2.24) is 0 Å². The Morgan fingerprint density at radius 2 is 0.667 bits per heavy atom. The number of ether oxygens (including phenoxy) is 2. The van der Waals surface area contributed by atoms with Crippen molar-refractivity contribution in [2.24, 2.45) is 0 Å². The molecule has 2 N–H and O–H groups in total. The zero-order valence-electron chi connectivity index (χ0n) is 22.5. The molecule has 0 aromatic rings. The van der Waals surface area contributed by atoms with Crippen LogP contribution in [0.2, 0.25) is 0 Å². The highest BCUT2D eigenvalue weighted by molar-refractivity contribution is 4.52. The van der Waals surface area contributed by atoms with Crippen LogP contribution in [0, 0.1) is 0 Å². The summed E-state index contributed by atoms with van der Waals surface area (Å²) in [4.78, 5) is 0. The maximum absolute atomic E-state index is 9.94. The zero-order chi connectivity index (χ0) is 24.2. The van der Waals surface area contributed by atoms with Gasteiger partial charge in [0, 0.05) is 13.2 Å². The number of aliphatic hydroxyl groups excluding tert-OH is 2. The molecule has 0 aromatic heterocycles. The lowest BCUT2D eigenvalue weighted by Crippen LogP contribution is -2.16. The first-order chi connectivity index (χ1) is 16.2. The Hall–Kier alpha value is -0.160. The van der Waals surface area contributed by atoms with Crippen LogP contribution in [0.1, 0.15) is 162 Å². The molecule has 200 valence electrons. The average Bonchev–Trinajstić information content (AvgIpc) is 2.81. The molecule has 0 rings (SSSR count). The predicted octanol–water partition coefficient (Wildman–Crippen LogP) is 8.67. The van der Waals surface area contributed by atoms with E-state index in [-0.39, 0.29) is 0 Å². The molecule has 33 heavy (non-hydrogen) atoms. The summed E-state index contributed by atoms with van der Waals surface area (Å²) in [5, 5.41) is 19.9. The van der Waals surface area contributed by atoms with Gasteiger partial charge in [-0.2, -0.15) is 0 Å². The van der Waals surface area contributed by atoms with E-state index in [9.17, 15) is 10.2 Å². The van der Waals surface area contributed by atoms with Gasteiger partial charge >= 0.3 is 0 Å². The first kappa shape index (κ1) is 32.8. The summed E-state index contributed by atoms with van der Waals surface area (Å²) in [5.41, 5.74) is 0. The van der Waals surface area contributed by atoms with Gasteiger partial charge in [0.2, 0.25) is 0 Å². The van der Waals surface area contributed by atoms with Gasteiger partial charge in [-0.25, -0.2) is 0 Å². The van der Waals surface area contributed by atoms with E-state index in [1.165, 1.54) is 116 Å². The molecule has 2 unspecified atom stereocenters. The second kappa shape index (κ2) is 28.1. The SMILES string of the molecule is CCCCCCCCCCCCOC(O)CCCC(O)OCCCCCCCCCCCC. The minimum absolute atomic E-state index is 0.566. The van der Waals surface area contributed by atoms with Crippen LogP contribution in [0.15, 0.2) is 0 Å². The summed E-state index contributed by atoms with van der Waals surface area (Å²) in [6.45, 7) is 5.79. The lowest BCUT2D eigenvalue weighted by molar-refractivity contribution is -0.121. The van der Waals surface area contributed by atoms with Crippen LogP contribution in [-0.4, -0.2) is 36.0 Å². The second-order valence-corrected chi connectivity index (χ2v) is 9.95. The minimum atomic E-state index is -0.710. The van der Waals surface area contributed by atoms with Gasteiger partial charge in [-0.3, -0.25) is 0 Å². The summed E-state index contributed by atoms with van der Waals surface area (Å²) < 4.78 is 11.0. The van der Waals surface area contributed by atoms with Gasteiger partial charge in [0.25, 0.3) is 0 Å². The smallest absolute Gasteiger partial charge is 0.154 e. The summed E-state index contributed by atoms with van der Waals surface area (Å²) >= 11 is 0. The molecule has 0 aliphatic carbocycles. The van der Waals surface area contributed by atoms with E-state index in [1.807, 2.05) is 0 Å². The van der Waals surface area contributed by atoms with Crippen molar-refractivity contribution in [1.29, 1.82) is 0 Å². The van der Waals surface area contributed by atoms with Gasteiger partial charge in [0.15, 0.2) is 12.6 Å². The number of unbranched alkanes of at least 4 members (excludes halogenated alkanes) is 18. The first-order valence-corrected chi connectivity index (χ1v) is 14.8. The first-order valence-electron chi connectivity index (χ1n) is 14.8. The Balaban J connectivity index is 3.27. The zero-order valence-corrected chi connectivity index (χ0v) is 22.5. The van der Waals surface area contributed by atoms with E-state index in [0.29, 0.717) is 26.1 Å². The third kappa shape index (κ3) is 28.0. The van der Waals surface area contributed by atoms with Gasteiger partial charge in [-0.05, 0) is 32.1 Å². The number of hydrogen-bond donors (Lipinski definition) is 2. The molecule has 0 aromatic carbocycles. The molecule has 0 spiro atoms. The third-order valence-electron chi connectivity index (χ3n) is 6.52. The highest BCUT2D eigenvalue weighted by atomic mass is 16.6. The van der Waals surface area contributed by atoms with Crippen LogP contribution < -0.4 is 0 Å². The molecular weight excluding hydrogens is 412 g/mol. The molecule has 2 atom stereocenters. The standard InChI is InChI=1S/C29H60O4/c1-3-5-7-9-11-13-15-17-19-21-26-32-28(30)24-23-25-29(31)33-27-22-20-18-16-14-12-10-8-6-4-2/h28-31H,3-27H2,1-2H3. The van der Waals surface area contributed by atoms with Gasteiger partial charge < -0.3 is 19.7 Å². The predicted molar refractivity (Wildman–Crippen MR) is 141 cm³/mol. The van der Waals surface area contributed by atoms with E-state index >= 15 is 0 Å². The Bertz CT molecular complexity index is 319. The summed E-state index contributed by atoms with van der Waals surface area (Å²) in [5.74, 6) is 0. The molecule has 0 fully saturated rings. The molecule has 0 saturated carbocycles. The summed E-state index contributed by atoms with van der Waals surface area (Å²) in [7, 11) is 0. The van der Waals surface area contributed by atoms with Crippen LogP contribution in [0.5, 0.6) is 0 Å². The lowest BCUT2D eigenvalue weighted by Gasteiger charge is -2.14. The van der Waals surface area contributed by atoms with Crippen molar-refractivity contribution in [3.63, 3.8) is 0 Å². The van der Waals surface area contributed by atoms with Crippen LogP contribution >= 0.6 is 0 Å². The Morgan fingerprint density at radius 3 is 0.970 bits per heavy atom. The maximum Gasteiger partial charge on any atom is 0.154 e. The summed E-state index contributed by atoms with van der Waals surface area (Å²) in [6, 6.07) is 0. The molecule has 0 radical (unpaired) electrons. The van der Waals surface area contributed by atoms with Crippen molar-refractivity contribution < 1.29 is 19.7 Å². The molecular formula is C29H60O4. The van der Waals surface area contributed by atoms with Crippen LogP contribution in [0.25, 0.3) is 0 Å². The largest absolute Gasteiger partial charge is 0.368 e. The molecule has 0 heterocycles. The number of aliphatic hydroxyl groups is 2. The van der Waals surface area contributed by atoms with Gasteiger partial charge in [0.05, 0.1) is 0 Å². The third-order valence-corrected chi connectivity index (χ3v) is 6.52. The number of hydrogen-bond acceptors (Lipinski definition) is 4. The van der Waals surface area contributed by atoms with E-state index in [0.717, 1.165) is 19.3 Å². The van der Waals surface area contributed by atoms with E-state index in [1.54, 1.807) is 0 Å². The lowest BCUT2D eigenvalue weighted by atomic mass is 10.1. The van der Waals surface area contributed by atoms with Crippen molar-refractivity contribution >= 4 is 0 Å². The van der Waals surface area contributed by atoms with E-state index in [2.05, 4.69) is 13.8 Å². The normalized spacial score (nSPS) is 13.5. The van der Waals surface area contributed by atoms with E-state index in [4.69, 9.17) is 9.47 Å². The van der Waals surface area contributed by atoms with Gasteiger partial charge in [-0.15, -0.1) is 0 Å². The number of rotatable bonds is 28. The molecule has 0 aliphatic rings. The van der Waals surface area contributed by atoms with Crippen LogP contribution in [0.4, 0.5) is 0 Å². The molecule has 0 bridgehead atoms. The Labute approximate surface area is 207 Å². The average molecular weight is 473 g/mol. The molecule has 0 amide bonds. The highest BCUT2D eigenvalue weighted by Gasteiger charge is 2.08. The molecule has 4 heteroatoms. The Morgan fingerprint density at radius 1 is 0.394 bits per heavy atom. The fourth-order valence-corrected chi connectivity index (χ4v) is 4.25. The van der Waals surface area contributed by atoms with Gasteiger partial charge in [-0.1, -0.05) is 129 Å². The molecule has 4 nitrogen and oxygen atoms in total. The fourth-order valence-electron chi connectivity index (χ4n) is 4.25. The van der Waals surface area contributed by atoms with Crippen LogP contribution in [-0.2, 0) is 9.47 Å². The molecule has 0 aliphatic heterocycles. The van der Waals surface area contributed by atoms with Crippen molar-refractivity contribution in [2.45, 2.75) is 174 Å². The highest BCUT2D eigenvalue weighted by Crippen LogP contribution is 2.13. The quantitative estimate of drug-likeness (QED) is 0.0883. The monoisotopic (exact) mass is 472 g/mol. The van der Waals surface area contributed by atoms with Crippen molar-refractivity contribution in [3.8, 4) is 0 Å². The Kier molecular flexibility index (Phi) is 27.9. The summed E-state index contributed by atoms with van der Waals surface area (Å²) in [6.07, 6.45) is 26.5. The minimum Gasteiger partial charge on any atom is -0.368 e. The second-order valence-electron chi connectivity index (χ2n) is 9.95. The van der Waals surface area contributed by atoms with Gasteiger partial charge in [0.1, 0.15) is 0 Å². The maximum atomic E-state index is 9.94. The van der Waals surface area contributed by atoms with Crippen molar-refractivity contribution in [2.75, 3.05) is 13.2 Å². The van der Waals surface area contributed by atoms with Crippen molar-refractivity contribution in [3.05, 3.63) is 0 Å².